The van der Waals surface area contributed by atoms with E-state index >= 15 is 0 Å². The van der Waals surface area contributed by atoms with Crippen molar-refractivity contribution in [1.29, 1.82) is 0 Å². The van der Waals surface area contributed by atoms with Crippen LogP contribution in [0.3, 0.4) is 0 Å². The molecule has 0 spiro atoms. The molecule has 0 aliphatic carbocycles. The lowest BCUT2D eigenvalue weighted by Crippen LogP contribution is -2.27. The van der Waals surface area contributed by atoms with Crippen LogP contribution in [-0.2, 0) is 17.9 Å². The number of nitrogens with zero attached hydrogens (tertiary/aromatic N) is 2. The number of nitrogens with one attached hydrogen (secondary N) is 1. The van der Waals surface area contributed by atoms with Gasteiger partial charge >= 0.3 is 0 Å². The molecule has 0 aliphatic heterocycles. The summed E-state index contributed by atoms with van der Waals surface area (Å²) in [5.41, 5.74) is 6.22. The normalized spacial score (nSPS) is 10.3. The Morgan fingerprint density at radius 3 is 3.07 bits per heavy atom. The molecule has 3 N–H and O–H groups in total. The topological polar surface area (TPSA) is 72.9 Å². The molecule has 15 heavy (non-hydrogen) atoms. The Morgan fingerprint density at radius 1 is 1.67 bits per heavy atom. The van der Waals surface area contributed by atoms with E-state index in [-0.39, 0.29) is 5.91 Å². The van der Waals surface area contributed by atoms with E-state index < -0.39 is 0 Å². The average Bonchev–Trinajstić information content (AvgIpc) is 2.66. The number of carbonyl (C=O) groups excluding carboxylic acids is 1. The van der Waals surface area contributed by atoms with Crippen molar-refractivity contribution in [3.8, 4) is 0 Å². The summed E-state index contributed by atoms with van der Waals surface area (Å²) in [6.07, 6.45) is 5.52. The predicted octanol–water partition coefficient (Wildman–Crippen LogP) is 0.258. The molecule has 1 aromatic rings. The molecule has 0 saturated heterocycles. The number of hydrogen-bond donors (Lipinski definition) is 2. The Hall–Kier alpha value is -1.36. The first-order valence-corrected chi connectivity index (χ1v) is 5.23. The minimum atomic E-state index is 0.0180. The van der Waals surface area contributed by atoms with Crippen molar-refractivity contribution in [1.82, 2.24) is 14.9 Å². The standard InChI is InChI=1S/C10H18N4O/c1-2-3-4-12-10(15)7-14-6-9(5-11)13-8-14/h6,8H,2-5,7,11H2,1H3,(H,12,15). The van der Waals surface area contributed by atoms with Gasteiger partial charge in [0.25, 0.3) is 0 Å². The summed E-state index contributed by atoms with van der Waals surface area (Å²) in [5, 5.41) is 2.84. The molecule has 5 nitrogen and oxygen atoms in total. The Morgan fingerprint density at radius 2 is 2.47 bits per heavy atom. The van der Waals surface area contributed by atoms with Gasteiger partial charge in [0.15, 0.2) is 0 Å². The van der Waals surface area contributed by atoms with E-state index in [9.17, 15) is 4.79 Å². The van der Waals surface area contributed by atoms with Crippen LogP contribution in [0.15, 0.2) is 12.5 Å². The largest absolute Gasteiger partial charge is 0.355 e. The number of amides is 1. The fourth-order valence-electron chi connectivity index (χ4n) is 1.22. The molecule has 1 rings (SSSR count). The highest BCUT2D eigenvalue weighted by atomic mass is 16.1. The zero-order valence-electron chi connectivity index (χ0n) is 9.07. The Labute approximate surface area is 89.7 Å². The smallest absolute Gasteiger partial charge is 0.239 e. The zero-order chi connectivity index (χ0) is 11.1. The molecule has 0 radical (unpaired) electrons. The third-order valence-electron chi connectivity index (χ3n) is 2.07. The molecule has 0 unspecified atom stereocenters. The van der Waals surface area contributed by atoms with Crippen molar-refractivity contribution in [3.63, 3.8) is 0 Å². The van der Waals surface area contributed by atoms with Crippen LogP contribution in [0.2, 0.25) is 0 Å². The Bertz CT molecular complexity index is 308. The number of nitrogens with two attached hydrogens (primary N) is 1. The molecule has 0 saturated carbocycles. The first kappa shape index (κ1) is 11.7. The van der Waals surface area contributed by atoms with Gasteiger partial charge in [-0.2, -0.15) is 0 Å². The van der Waals surface area contributed by atoms with Crippen molar-refractivity contribution >= 4 is 5.91 Å². The minimum Gasteiger partial charge on any atom is -0.355 e. The second kappa shape index (κ2) is 6.19. The number of unbranched alkanes of at least 4 members (excludes halogenated alkanes) is 1. The summed E-state index contributed by atoms with van der Waals surface area (Å²) in [6, 6.07) is 0. The van der Waals surface area contributed by atoms with E-state index in [1.165, 1.54) is 0 Å². The molecule has 1 aromatic heterocycles. The minimum absolute atomic E-state index is 0.0180. The van der Waals surface area contributed by atoms with Crippen LogP contribution in [0.1, 0.15) is 25.5 Å². The van der Waals surface area contributed by atoms with Gasteiger partial charge in [0.05, 0.1) is 12.0 Å². The number of aromatic nitrogens is 2. The summed E-state index contributed by atoms with van der Waals surface area (Å²) >= 11 is 0. The van der Waals surface area contributed by atoms with E-state index in [1.54, 1.807) is 17.1 Å². The molecule has 0 aromatic carbocycles. The third-order valence-corrected chi connectivity index (χ3v) is 2.07. The number of carbonyl (C=O) groups is 1. The predicted molar refractivity (Wildman–Crippen MR) is 58.0 cm³/mol. The zero-order valence-corrected chi connectivity index (χ0v) is 9.07. The van der Waals surface area contributed by atoms with Crippen LogP contribution in [0.5, 0.6) is 0 Å². The van der Waals surface area contributed by atoms with Crippen molar-refractivity contribution in [3.05, 3.63) is 18.2 Å². The van der Waals surface area contributed by atoms with Crippen LogP contribution in [0, 0.1) is 0 Å². The van der Waals surface area contributed by atoms with Gasteiger partial charge in [-0.15, -0.1) is 0 Å². The van der Waals surface area contributed by atoms with E-state index in [1.807, 2.05) is 0 Å². The monoisotopic (exact) mass is 210 g/mol. The van der Waals surface area contributed by atoms with Crippen molar-refractivity contribution < 1.29 is 4.79 Å². The number of hydrogen-bond acceptors (Lipinski definition) is 3. The third kappa shape index (κ3) is 4.12. The van der Waals surface area contributed by atoms with Gasteiger partial charge in [-0.3, -0.25) is 4.79 Å². The van der Waals surface area contributed by atoms with Crippen LogP contribution >= 0.6 is 0 Å². The molecule has 84 valence electrons. The lowest BCUT2D eigenvalue weighted by atomic mass is 10.3. The number of imidazole rings is 1. The molecule has 0 aliphatic rings. The fraction of sp³-hybridized carbons (Fsp3) is 0.600. The summed E-state index contributed by atoms with van der Waals surface area (Å²) in [6.45, 7) is 3.56. The fourth-order valence-corrected chi connectivity index (χ4v) is 1.22. The van der Waals surface area contributed by atoms with Gasteiger partial charge < -0.3 is 15.6 Å². The quantitative estimate of drug-likeness (QED) is 0.661. The van der Waals surface area contributed by atoms with Gasteiger partial charge in [-0.05, 0) is 6.42 Å². The van der Waals surface area contributed by atoms with E-state index in [2.05, 4.69) is 17.2 Å². The van der Waals surface area contributed by atoms with Gasteiger partial charge in [0, 0.05) is 19.3 Å². The first-order chi connectivity index (χ1) is 7.26. The lowest BCUT2D eigenvalue weighted by molar-refractivity contribution is -0.121. The molecular weight excluding hydrogens is 192 g/mol. The Kier molecular flexibility index (Phi) is 4.83. The van der Waals surface area contributed by atoms with Crippen LogP contribution in [-0.4, -0.2) is 22.0 Å². The maximum atomic E-state index is 11.4. The number of rotatable bonds is 6. The molecule has 1 amide bonds. The van der Waals surface area contributed by atoms with E-state index in [4.69, 9.17) is 5.73 Å². The molecule has 1 heterocycles. The van der Waals surface area contributed by atoms with Crippen LogP contribution in [0.4, 0.5) is 0 Å². The lowest BCUT2D eigenvalue weighted by Gasteiger charge is -2.04. The second-order valence-corrected chi connectivity index (χ2v) is 3.44. The maximum Gasteiger partial charge on any atom is 0.239 e. The van der Waals surface area contributed by atoms with Gasteiger partial charge in [-0.25, -0.2) is 4.98 Å². The summed E-state index contributed by atoms with van der Waals surface area (Å²) in [5.74, 6) is 0.0180. The van der Waals surface area contributed by atoms with Gasteiger partial charge in [0.2, 0.25) is 5.91 Å². The SMILES string of the molecule is CCCCNC(=O)Cn1cnc(CN)c1. The highest BCUT2D eigenvalue weighted by molar-refractivity contribution is 5.75. The molecule has 0 bridgehead atoms. The molecule has 0 fully saturated rings. The summed E-state index contributed by atoms with van der Waals surface area (Å²) < 4.78 is 1.74. The van der Waals surface area contributed by atoms with Gasteiger partial charge in [-0.1, -0.05) is 13.3 Å². The summed E-state index contributed by atoms with van der Waals surface area (Å²) in [4.78, 5) is 15.4. The van der Waals surface area contributed by atoms with E-state index in [0.717, 1.165) is 25.1 Å². The summed E-state index contributed by atoms with van der Waals surface area (Å²) in [7, 11) is 0. The first-order valence-electron chi connectivity index (χ1n) is 5.23. The van der Waals surface area contributed by atoms with Gasteiger partial charge in [0.1, 0.15) is 6.54 Å². The van der Waals surface area contributed by atoms with E-state index in [0.29, 0.717) is 13.1 Å². The van der Waals surface area contributed by atoms with Crippen molar-refractivity contribution in [2.24, 2.45) is 5.73 Å². The Balaban J connectivity index is 2.31. The van der Waals surface area contributed by atoms with Crippen molar-refractivity contribution in [2.75, 3.05) is 6.54 Å². The van der Waals surface area contributed by atoms with Crippen molar-refractivity contribution in [2.45, 2.75) is 32.9 Å². The highest BCUT2D eigenvalue weighted by Gasteiger charge is 2.02. The maximum absolute atomic E-state index is 11.4. The molecular formula is C10H18N4O. The van der Waals surface area contributed by atoms with Crippen LogP contribution in [0.25, 0.3) is 0 Å². The highest BCUT2D eigenvalue weighted by Crippen LogP contribution is 1.94. The average molecular weight is 210 g/mol. The second-order valence-electron chi connectivity index (χ2n) is 3.44. The molecule has 5 heteroatoms. The molecule has 0 atom stereocenters. The van der Waals surface area contributed by atoms with Crippen LogP contribution < -0.4 is 11.1 Å².